The van der Waals surface area contributed by atoms with Gasteiger partial charge in [0, 0.05) is 4.47 Å². The smallest absolute Gasteiger partial charge is 0.234 e. The summed E-state index contributed by atoms with van der Waals surface area (Å²) in [4.78, 5) is 14.4. The maximum absolute atomic E-state index is 12.1. The molecule has 1 saturated heterocycles. The number of hydrogen-bond acceptors (Lipinski definition) is 2. The molecular weight excluding hydrogens is 316 g/mol. The molecule has 20 heavy (non-hydrogen) atoms. The predicted octanol–water partition coefficient (Wildman–Crippen LogP) is 3.50. The lowest BCUT2D eigenvalue weighted by atomic mass is 10.1. The van der Waals surface area contributed by atoms with E-state index in [-0.39, 0.29) is 11.9 Å². The Hall–Kier alpha value is -0.870. The van der Waals surface area contributed by atoms with Crippen LogP contribution in [-0.2, 0) is 4.79 Å². The topological polar surface area (TPSA) is 32.3 Å². The lowest BCUT2D eigenvalue weighted by Crippen LogP contribution is -2.38. The van der Waals surface area contributed by atoms with Crippen LogP contribution in [0.5, 0.6) is 0 Å². The van der Waals surface area contributed by atoms with Crippen LogP contribution in [0.1, 0.15) is 44.2 Å². The van der Waals surface area contributed by atoms with Crippen molar-refractivity contribution in [2.45, 2.75) is 38.6 Å². The maximum atomic E-state index is 12.1. The van der Waals surface area contributed by atoms with Crippen molar-refractivity contribution in [3.63, 3.8) is 0 Å². The fraction of sp³-hybridized carbons (Fsp3) is 0.562. The number of hydrogen-bond donors (Lipinski definition) is 1. The quantitative estimate of drug-likeness (QED) is 0.911. The molecule has 1 aromatic carbocycles. The SMILES string of the molecule is C[C@@H](NC(=O)CN1CCCCCC1)c1ccc(Br)cc1. The zero-order valence-corrected chi connectivity index (χ0v) is 13.7. The van der Waals surface area contributed by atoms with Crippen molar-refractivity contribution in [2.24, 2.45) is 0 Å². The molecule has 1 atom stereocenters. The second-order valence-electron chi connectivity index (χ2n) is 5.53. The average Bonchev–Trinajstić information content (AvgIpc) is 2.68. The molecule has 0 spiro atoms. The monoisotopic (exact) mass is 338 g/mol. The van der Waals surface area contributed by atoms with E-state index in [1.807, 2.05) is 31.2 Å². The lowest BCUT2D eigenvalue weighted by molar-refractivity contribution is -0.122. The number of halogens is 1. The van der Waals surface area contributed by atoms with E-state index in [1.54, 1.807) is 0 Å². The van der Waals surface area contributed by atoms with Crippen LogP contribution >= 0.6 is 15.9 Å². The minimum absolute atomic E-state index is 0.0579. The van der Waals surface area contributed by atoms with E-state index in [2.05, 4.69) is 26.1 Å². The third-order valence-corrected chi connectivity index (χ3v) is 4.34. The molecule has 2 rings (SSSR count). The van der Waals surface area contributed by atoms with Crippen molar-refractivity contribution in [3.8, 4) is 0 Å². The van der Waals surface area contributed by atoms with Gasteiger partial charge in [-0.3, -0.25) is 9.69 Å². The van der Waals surface area contributed by atoms with Crippen molar-refractivity contribution in [1.82, 2.24) is 10.2 Å². The van der Waals surface area contributed by atoms with Gasteiger partial charge in [-0.15, -0.1) is 0 Å². The Bertz CT molecular complexity index is 425. The molecule has 3 nitrogen and oxygen atoms in total. The van der Waals surface area contributed by atoms with Gasteiger partial charge in [0.1, 0.15) is 0 Å². The van der Waals surface area contributed by atoms with Crippen LogP contribution < -0.4 is 5.32 Å². The maximum Gasteiger partial charge on any atom is 0.234 e. The second-order valence-corrected chi connectivity index (χ2v) is 6.45. The Labute approximate surface area is 129 Å². The summed E-state index contributed by atoms with van der Waals surface area (Å²) in [7, 11) is 0. The summed E-state index contributed by atoms with van der Waals surface area (Å²) >= 11 is 3.42. The first-order valence-corrected chi connectivity index (χ1v) is 8.21. The fourth-order valence-electron chi connectivity index (χ4n) is 2.62. The molecular formula is C16H23BrN2O. The van der Waals surface area contributed by atoms with Crippen LogP contribution in [0, 0.1) is 0 Å². The Balaban J connectivity index is 1.82. The number of nitrogens with zero attached hydrogens (tertiary/aromatic N) is 1. The third kappa shape index (κ3) is 4.91. The molecule has 0 saturated carbocycles. The van der Waals surface area contributed by atoms with E-state index in [0.717, 1.165) is 23.1 Å². The number of carbonyl (C=O) groups is 1. The number of rotatable bonds is 4. The van der Waals surface area contributed by atoms with Gasteiger partial charge in [-0.1, -0.05) is 40.9 Å². The average molecular weight is 339 g/mol. The van der Waals surface area contributed by atoms with Gasteiger partial charge in [-0.25, -0.2) is 0 Å². The van der Waals surface area contributed by atoms with Crippen molar-refractivity contribution in [3.05, 3.63) is 34.3 Å². The highest BCUT2D eigenvalue weighted by Crippen LogP contribution is 2.16. The number of amides is 1. The van der Waals surface area contributed by atoms with Gasteiger partial charge < -0.3 is 5.32 Å². The largest absolute Gasteiger partial charge is 0.348 e. The van der Waals surface area contributed by atoms with Crippen molar-refractivity contribution in [2.75, 3.05) is 19.6 Å². The first kappa shape index (κ1) is 15.5. The van der Waals surface area contributed by atoms with Crippen molar-refractivity contribution < 1.29 is 4.79 Å². The molecule has 0 aliphatic carbocycles. The van der Waals surface area contributed by atoms with E-state index in [1.165, 1.54) is 25.7 Å². The molecule has 1 aliphatic heterocycles. The van der Waals surface area contributed by atoms with E-state index in [4.69, 9.17) is 0 Å². The highest BCUT2D eigenvalue weighted by atomic mass is 79.9. The van der Waals surface area contributed by atoms with Gasteiger partial charge in [0.2, 0.25) is 5.91 Å². The molecule has 1 amide bonds. The van der Waals surface area contributed by atoms with E-state index >= 15 is 0 Å². The first-order valence-electron chi connectivity index (χ1n) is 7.42. The highest BCUT2D eigenvalue weighted by Gasteiger charge is 2.15. The van der Waals surface area contributed by atoms with Crippen LogP contribution in [0.15, 0.2) is 28.7 Å². The number of carbonyl (C=O) groups excluding carboxylic acids is 1. The van der Waals surface area contributed by atoms with E-state index in [0.29, 0.717) is 6.54 Å². The molecule has 0 unspecified atom stereocenters. The molecule has 1 heterocycles. The van der Waals surface area contributed by atoms with Crippen LogP contribution in [0.4, 0.5) is 0 Å². The minimum Gasteiger partial charge on any atom is -0.348 e. The Morgan fingerprint density at radius 2 is 1.80 bits per heavy atom. The normalized spacial score (nSPS) is 18.3. The number of benzene rings is 1. The van der Waals surface area contributed by atoms with Gasteiger partial charge in [0.25, 0.3) is 0 Å². The van der Waals surface area contributed by atoms with Crippen LogP contribution in [0.2, 0.25) is 0 Å². The van der Waals surface area contributed by atoms with Crippen LogP contribution in [-0.4, -0.2) is 30.4 Å². The molecule has 1 fully saturated rings. The van der Waals surface area contributed by atoms with E-state index < -0.39 is 0 Å². The molecule has 0 bridgehead atoms. The number of likely N-dealkylation sites (tertiary alicyclic amines) is 1. The third-order valence-electron chi connectivity index (χ3n) is 3.81. The summed E-state index contributed by atoms with van der Waals surface area (Å²) in [5.41, 5.74) is 1.14. The summed E-state index contributed by atoms with van der Waals surface area (Å²) in [5.74, 6) is 0.127. The Kier molecular flexibility index (Phi) is 6.05. The van der Waals surface area contributed by atoms with Gasteiger partial charge in [-0.2, -0.15) is 0 Å². The van der Waals surface area contributed by atoms with Crippen LogP contribution in [0.25, 0.3) is 0 Å². The molecule has 0 radical (unpaired) electrons. The van der Waals surface area contributed by atoms with Gasteiger partial charge in [0.15, 0.2) is 0 Å². The number of nitrogens with one attached hydrogen (secondary N) is 1. The zero-order valence-electron chi connectivity index (χ0n) is 12.1. The molecule has 1 aromatic rings. The summed E-state index contributed by atoms with van der Waals surface area (Å²) in [6.07, 6.45) is 5.03. The summed E-state index contributed by atoms with van der Waals surface area (Å²) in [6.45, 7) is 4.67. The molecule has 1 aliphatic rings. The summed E-state index contributed by atoms with van der Waals surface area (Å²) in [6, 6.07) is 8.16. The summed E-state index contributed by atoms with van der Waals surface area (Å²) < 4.78 is 1.06. The lowest BCUT2D eigenvalue weighted by Gasteiger charge is -2.21. The summed E-state index contributed by atoms with van der Waals surface area (Å²) in [5, 5.41) is 3.09. The second kappa shape index (κ2) is 7.79. The fourth-order valence-corrected chi connectivity index (χ4v) is 2.88. The zero-order chi connectivity index (χ0) is 14.4. The predicted molar refractivity (Wildman–Crippen MR) is 85.6 cm³/mol. The van der Waals surface area contributed by atoms with Crippen molar-refractivity contribution >= 4 is 21.8 Å². The minimum atomic E-state index is 0.0579. The molecule has 1 N–H and O–H groups in total. The molecule has 110 valence electrons. The van der Waals surface area contributed by atoms with Crippen molar-refractivity contribution in [1.29, 1.82) is 0 Å². The van der Waals surface area contributed by atoms with Crippen LogP contribution in [0.3, 0.4) is 0 Å². The molecule has 4 heteroatoms. The standard InChI is InChI=1S/C16H23BrN2O/c1-13(14-6-8-15(17)9-7-14)18-16(20)12-19-10-4-2-3-5-11-19/h6-9,13H,2-5,10-12H2,1H3,(H,18,20)/t13-/m1/s1. The van der Waals surface area contributed by atoms with Gasteiger partial charge in [-0.05, 0) is 50.6 Å². The Morgan fingerprint density at radius 3 is 2.40 bits per heavy atom. The Morgan fingerprint density at radius 1 is 1.20 bits per heavy atom. The molecule has 0 aromatic heterocycles. The highest BCUT2D eigenvalue weighted by molar-refractivity contribution is 9.10. The first-order chi connectivity index (χ1) is 9.65. The van der Waals surface area contributed by atoms with Gasteiger partial charge >= 0.3 is 0 Å². The van der Waals surface area contributed by atoms with Gasteiger partial charge in [0.05, 0.1) is 12.6 Å². The van der Waals surface area contributed by atoms with E-state index in [9.17, 15) is 4.79 Å².